The summed E-state index contributed by atoms with van der Waals surface area (Å²) in [7, 11) is 0. The number of rotatable bonds is 7. The number of benzene rings is 1. The van der Waals surface area contributed by atoms with Crippen molar-refractivity contribution in [2.24, 2.45) is 5.73 Å². The Morgan fingerprint density at radius 1 is 1.23 bits per heavy atom. The third kappa shape index (κ3) is 6.01. The summed E-state index contributed by atoms with van der Waals surface area (Å²) in [5.41, 5.74) is 6.48. The minimum absolute atomic E-state index is 0. The molecule has 1 aromatic heterocycles. The Kier molecular flexibility index (Phi) is 8.56. The molecule has 1 heterocycles. The summed E-state index contributed by atoms with van der Waals surface area (Å²) in [6, 6.07) is 8.80. The van der Waals surface area contributed by atoms with E-state index in [0.717, 1.165) is 0 Å². The average Bonchev–Trinajstić information content (AvgIpc) is 2.61. The third-order valence-corrected chi connectivity index (χ3v) is 3.88. The minimum atomic E-state index is -1.03. The Morgan fingerprint density at radius 2 is 1.96 bits per heavy atom. The van der Waals surface area contributed by atoms with E-state index in [0.29, 0.717) is 4.47 Å². The lowest BCUT2D eigenvalue weighted by atomic mass is 10.0. The van der Waals surface area contributed by atoms with Crippen LogP contribution in [0.4, 0.5) is 5.69 Å². The number of hydrogen-bond donors (Lipinski definition) is 3. The van der Waals surface area contributed by atoms with Gasteiger partial charge in [0.2, 0.25) is 11.7 Å². The molecule has 0 aliphatic heterocycles. The quantitative estimate of drug-likeness (QED) is 0.517. The largest absolute Gasteiger partial charge is 0.481 e. The van der Waals surface area contributed by atoms with Gasteiger partial charge in [0.25, 0.3) is 0 Å². The van der Waals surface area contributed by atoms with Gasteiger partial charge < -0.3 is 16.2 Å². The van der Waals surface area contributed by atoms with Crippen molar-refractivity contribution in [1.29, 1.82) is 0 Å². The van der Waals surface area contributed by atoms with Crippen LogP contribution >= 0.6 is 32.9 Å². The van der Waals surface area contributed by atoms with Crippen LogP contribution in [-0.2, 0) is 9.59 Å². The number of aliphatic carboxylic acids is 1. The molecule has 1 amide bonds. The highest BCUT2D eigenvalue weighted by Crippen LogP contribution is 2.23. The van der Waals surface area contributed by atoms with Crippen molar-refractivity contribution in [2.75, 3.05) is 5.32 Å². The molecule has 138 valence electrons. The molecule has 1 atom stereocenters. The van der Waals surface area contributed by atoms with Crippen molar-refractivity contribution in [1.82, 2.24) is 4.98 Å². The lowest BCUT2D eigenvalue weighted by Crippen LogP contribution is -2.36. The Balaban J connectivity index is 0.00000338. The Bertz CT molecular complexity index is 800. The molecule has 0 radical (unpaired) electrons. The lowest BCUT2D eigenvalue weighted by Gasteiger charge is -2.14. The molecule has 1 aromatic carbocycles. The zero-order valence-electron chi connectivity index (χ0n) is 13.5. The number of amides is 1. The normalized spacial score (nSPS) is 11.2. The van der Waals surface area contributed by atoms with Crippen LogP contribution in [0.5, 0.6) is 0 Å². The van der Waals surface area contributed by atoms with E-state index in [1.165, 1.54) is 6.20 Å². The van der Waals surface area contributed by atoms with Crippen molar-refractivity contribution in [3.05, 3.63) is 58.3 Å². The van der Waals surface area contributed by atoms with E-state index in [4.69, 9.17) is 10.8 Å². The molecule has 0 aliphatic rings. The first-order valence-electron chi connectivity index (χ1n) is 7.42. The standard InChI is InChI=1S/C17H16BrN3O4.BrH/c18-10-4-6-13(21-17(25)12(19)5-7-15(22)23)11(9-10)16(24)14-3-1-2-8-20-14;/h1-4,6,8-9,12H,5,7,19H2,(H,21,25)(H,22,23);1H/t12-;/m0./s1. The van der Waals surface area contributed by atoms with E-state index >= 15 is 0 Å². The molecular weight excluding hydrogens is 470 g/mol. The first-order valence-corrected chi connectivity index (χ1v) is 8.21. The zero-order chi connectivity index (χ0) is 18.4. The molecule has 7 nitrogen and oxygen atoms in total. The van der Waals surface area contributed by atoms with Crippen molar-refractivity contribution >= 4 is 56.3 Å². The number of halogens is 2. The summed E-state index contributed by atoms with van der Waals surface area (Å²) in [6.07, 6.45) is 1.29. The number of carbonyl (C=O) groups is 3. The maximum Gasteiger partial charge on any atom is 0.303 e. The second-order valence-corrected chi connectivity index (χ2v) is 6.18. The number of nitrogens with one attached hydrogen (secondary N) is 1. The predicted octanol–water partition coefficient (Wildman–Crippen LogP) is 2.78. The van der Waals surface area contributed by atoms with Gasteiger partial charge in [-0.25, -0.2) is 0 Å². The highest BCUT2D eigenvalue weighted by Gasteiger charge is 2.20. The van der Waals surface area contributed by atoms with E-state index in [2.05, 4.69) is 26.2 Å². The van der Waals surface area contributed by atoms with Crippen molar-refractivity contribution < 1.29 is 19.5 Å². The SMILES string of the molecule is Br.N[C@@H](CCC(=O)O)C(=O)Nc1ccc(Br)cc1C(=O)c1ccccn1. The monoisotopic (exact) mass is 485 g/mol. The number of anilines is 1. The number of aromatic nitrogens is 1. The van der Waals surface area contributed by atoms with Gasteiger partial charge in [-0.1, -0.05) is 22.0 Å². The molecule has 0 spiro atoms. The maximum atomic E-state index is 12.6. The number of pyridine rings is 1. The Hall–Kier alpha value is -2.10. The van der Waals surface area contributed by atoms with Crippen LogP contribution in [0.3, 0.4) is 0 Å². The van der Waals surface area contributed by atoms with Gasteiger partial charge in [0.05, 0.1) is 11.7 Å². The molecule has 4 N–H and O–H groups in total. The van der Waals surface area contributed by atoms with Gasteiger partial charge in [-0.05, 0) is 36.8 Å². The average molecular weight is 487 g/mol. The van der Waals surface area contributed by atoms with Gasteiger partial charge in [0.15, 0.2) is 0 Å². The Labute approximate surface area is 168 Å². The molecule has 0 bridgehead atoms. The van der Waals surface area contributed by atoms with Crippen LogP contribution in [0.1, 0.15) is 28.9 Å². The highest BCUT2D eigenvalue weighted by molar-refractivity contribution is 9.10. The van der Waals surface area contributed by atoms with E-state index in [-0.39, 0.29) is 52.6 Å². The zero-order valence-corrected chi connectivity index (χ0v) is 16.8. The van der Waals surface area contributed by atoms with Crippen LogP contribution in [0, 0.1) is 0 Å². The number of ketones is 1. The fourth-order valence-corrected chi connectivity index (χ4v) is 2.44. The minimum Gasteiger partial charge on any atom is -0.481 e. The van der Waals surface area contributed by atoms with Crippen molar-refractivity contribution in [3.63, 3.8) is 0 Å². The number of nitrogens with zero attached hydrogens (tertiary/aromatic N) is 1. The van der Waals surface area contributed by atoms with Crippen molar-refractivity contribution in [2.45, 2.75) is 18.9 Å². The lowest BCUT2D eigenvalue weighted by molar-refractivity contribution is -0.137. The predicted molar refractivity (Wildman–Crippen MR) is 106 cm³/mol. The van der Waals surface area contributed by atoms with Crippen LogP contribution in [0.15, 0.2) is 47.1 Å². The molecule has 2 aromatic rings. The first-order chi connectivity index (χ1) is 11.9. The van der Waals surface area contributed by atoms with Crippen LogP contribution in [0.25, 0.3) is 0 Å². The van der Waals surface area contributed by atoms with Crippen LogP contribution < -0.4 is 11.1 Å². The maximum absolute atomic E-state index is 12.6. The summed E-state index contributed by atoms with van der Waals surface area (Å²) in [6.45, 7) is 0. The topological polar surface area (TPSA) is 122 Å². The fraction of sp³-hybridized carbons (Fsp3) is 0.176. The summed E-state index contributed by atoms with van der Waals surface area (Å²) in [4.78, 5) is 39.4. The highest BCUT2D eigenvalue weighted by atomic mass is 79.9. The van der Waals surface area contributed by atoms with E-state index in [1.807, 2.05) is 0 Å². The molecule has 0 aliphatic carbocycles. The van der Waals surface area contributed by atoms with Crippen molar-refractivity contribution in [3.8, 4) is 0 Å². The van der Waals surface area contributed by atoms with Crippen LogP contribution in [-0.4, -0.2) is 33.8 Å². The van der Waals surface area contributed by atoms with E-state index < -0.39 is 17.9 Å². The van der Waals surface area contributed by atoms with Gasteiger partial charge in [-0.15, -0.1) is 17.0 Å². The number of nitrogens with two attached hydrogens (primary N) is 1. The smallest absolute Gasteiger partial charge is 0.303 e. The van der Waals surface area contributed by atoms with Gasteiger partial charge in [-0.3, -0.25) is 19.4 Å². The van der Waals surface area contributed by atoms with Gasteiger partial charge >= 0.3 is 5.97 Å². The second kappa shape index (κ2) is 10.1. The van der Waals surface area contributed by atoms with E-state index in [9.17, 15) is 14.4 Å². The molecule has 26 heavy (non-hydrogen) atoms. The number of carboxylic acid groups (broad SMARTS) is 1. The summed E-state index contributed by atoms with van der Waals surface area (Å²) in [5, 5.41) is 11.2. The second-order valence-electron chi connectivity index (χ2n) is 5.26. The number of hydrogen-bond acceptors (Lipinski definition) is 5. The summed E-state index contributed by atoms with van der Waals surface area (Å²) >= 11 is 3.30. The summed E-state index contributed by atoms with van der Waals surface area (Å²) in [5.74, 6) is -1.94. The molecule has 0 fully saturated rings. The Morgan fingerprint density at radius 3 is 2.58 bits per heavy atom. The number of carbonyl (C=O) groups excluding carboxylic acids is 2. The fourth-order valence-electron chi connectivity index (χ4n) is 2.08. The van der Waals surface area contributed by atoms with Gasteiger partial charge in [0, 0.05) is 22.7 Å². The van der Waals surface area contributed by atoms with Crippen LogP contribution in [0.2, 0.25) is 0 Å². The van der Waals surface area contributed by atoms with E-state index in [1.54, 1.807) is 36.4 Å². The molecule has 0 saturated heterocycles. The molecule has 0 saturated carbocycles. The first kappa shape index (κ1) is 21.9. The molecular formula is C17H17Br2N3O4. The molecule has 2 rings (SSSR count). The number of carboxylic acids is 1. The molecule has 0 unspecified atom stereocenters. The van der Waals surface area contributed by atoms with Gasteiger partial charge in [0.1, 0.15) is 5.69 Å². The molecule has 9 heteroatoms. The third-order valence-electron chi connectivity index (χ3n) is 3.39. The van der Waals surface area contributed by atoms with Gasteiger partial charge in [-0.2, -0.15) is 0 Å². The summed E-state index contributed by atoms with van der Waals surface area (Å²) < 4.78 is 0.667.